The van der Waals surface area contributed by atoms with Gasteiger partial charge in [0.25, 0.3) is 20.2 Å². The van der Waals surface area contributed by atoms with Gasteiger partial charge in [0.2, 0.25) is 0 Å². The van der Waals surface area contributed by atoms with Crippen LogP contribution in [0.2, 0.25) is 5.02 Å². The Morgan fingerprint density at radius 3 is 1.38 bits per heavy atom. The summed E-state index contributed by atoms with van der Waals surface area (Å²) in [5.74, 6) is -0.0987. The summed E-state index contributed by atoms with van der Waals surface area (Å²) in [7, 11) is -8.60. The van der Waals surface area contributed by atoms with Gasteiger partial charge in [-0.25, -0.2) is 0 Å². The number of benzene rings is 5. The zero-order valence-corrected chi connectivity index (χ0v) is 30.8. The molecule has 5 aromatic carbocycles. The lowest BCUT2D eigenvalue weighted by atomic mass is 9.81. The molecule has 2 N–H and O–H groups in total. The summed E-state index contributed by atoms with van der Waals surface area (Å²) in [5.41, 5.74) is 9.04. The molecule has 0 fully saturated rings. The molecule has 0 unspecified atom stereocenters. The van der Waals surface area contributed by atoms with Crippen LogP contribution in [-0.2, 0) is 33.3 Å². The molecule has 0 aliphatic rings. The summed E-state index contributed by atoms with van der Waals surface area (Å²) in [6.07, 6.45) is 0. The second-order valence-electron chi connectivity index (χ2n) is 12.3. The molecule has 0 aliphatic carbocycles. The minimum atomic E-state index is -4.30. The Labute approximate surface area is 300 Å². The average Bonchev–Trinajstić information content (AvgIpc) is 3.08. The van der Waals surface area contributed by atoms with E-state index in [4.69, 9.17) is 11.6 Å². The van der Waals surface area contributed by atoms with E-state index in [1.165, 1.54) is 24.3 Å². The molecule has 0 saturated heterocycles. The summed E-state index contributed by atoms with van der Waals surface area (Å²) in [5, 5.41) is 0.653. The van der Waals surface area contributed by atoms with Crippen LogP contribution in [0.15, 0.2) is 119 Å². The number of hydrogen-bond donors (Lipinski definition) is 2. The van der Waals surface area contributed by atoms with E-state index in [1.54, 1.807) is 12.1 Å². The molecular formula is C39H41ClN2O6S2. The number of aryl methyl sites for hydroxylation is 2. The highest BCUT2D eigenvalue weighted by molar-refractivity contribution is 7.86. The van der Waals surface area contributed by atoms with E-state index in [2.05, 4.69) is 72.2 Å². The number of halogens is 1. The highest BCUT2D eigenvalue weighted by Crippen LogP contribution is 2.38. The normalized spacial score (nSPS) is 11.9. The van der Waals surface area contributed by atoms with Crippen LogP contribution in [0.3, 0.4) is 0 Å². The van der Waals surface area contributed by atoms with Gasteiger partial charge >= 0.3 is 0 Å². The molecule has 0 bridgehead atoms. The van der Waals surface area contributed by atoms with Gasteiger partial charge in [-0.05, 0) is 127 Å². The standard InChI is InChI=1S/C39H41ClN2O6S2/c1-5-41(25-29-9-7-11-35(23-29)49(43,44)45)33-17-19-37(27(3)21-33)39(31-13-15-32(40)16-14-31)38-20-18-34(22-28(38)4)42(6-2)26-30-10-8-12-36(24-30)50(46,47)48/h7-24,39H,5-6,25-26H2,1-4H3,(H,43,44,45)(H,46,47,48). The quantitative estimate of drug-likeness (QED) is 0.0913. The molecule has 262 valence electrons. The zero-order valence-electron chi connectivity index (χ0n) is 28.4. The van der Waals surface area contributed by atoms with Crippen LogP contribution in [-0.4, -0.2) is 39.0 Å². The van der Waals surface area contributed by atoms with Gasteiger partial charge in [-0.1, -0.05) is 60.1 Å². The lowest BCUT2D eigenvalue weighted by Crippen LogP contribution is -2.23. The Kier molecular flexibility index (Phi) is 11.4. The highest BCUT2D eigenvalue weighted by atomic mass is 35.5. The molecule has 8 nitrogen and oxygen atoms in total. The minimum absolute atomic E-state index is 0.0987. The number of nitrogens with zero attached hydrogens (tertiary/aromatic N) is 2. The van der Waals surface area contributed by atoms with Gasteiger partial charge in [0.15, 0.2) is 0 Å². The van der Waals surface area contributed by atoms with Crippen LogP contribution in [0.5, 0.6) is 0 Å². The molecule has 0 heterocycles. The van der Waals surface area contributed by atoms with Crippen LogP contribution in [0.1, 0.15) is 58.7 Å². The third-order valence-corrected chi connectivity index (χ3v) is 10.9. The lowest BCUT2D eigenvalue weighted by Gasteiger charge is -2.28. The second-order valence-corrected chi connectivity index (χ2v) is 15.6. The molecule has 0 saturated carbocycles. The predicted molar refractivity (Wildman–Crippen MR) is 201 cm³/mol. The Morgan fingerprint density at radius 2 is 1.02 bits per heavy atom. The second kappa shape index (κ2) is 15.4. The zero-order chi connectivity index (χ0) is 36.2. The Balaban J connectivity index is 1.49. The van der Waals surface area contributed by atoms with E-state index in [0.717, 1.165) is 50.3 Å². The van der Waals surface area contributed by atoms with Crippen molar-refractivity contribution in [1.29, 1.82) is 0 Å². The SMILES string of the molecule is CCN(Cc1cccc(S(=O)(=O)O)c1)c1ccc(C(c2ccc(Cl)cc2)c2ccc(N(CC)Cc3cccc(S(=O)(=O)O)c3)cc2C)c(C)c1. The molecule has 0 atom stereocenters. The van der Waals surface area contributed by atoms with E-state index in [-0.39, 0.29) is 15.7 Å². The molecule has 50 heavy (non-hydrogen) atoms. The maximum atomic E-state index is 11.7. The van der Waals surface area contributed by atoms with Crippen LogP contribution in [0.25, 0.3) is 0 Å². The largest absolute Gasteiger partial charge is 0.367 e. The molecule has 0 amide bonds. The average molecular weight is 733 g/mol. The predicted octanol–water partition coefficient (Wildman–Crippen LogP) is 8.68. The van der Waals surface area contributed by atoms with Crippen LogP contribution < -0.4 is 9.80 Å². The maximum Gasteiger partial charge on any atom is 0.294 e. The van der Waals surface area contributed by atoms with Crippen molar-refractivity contribution in [3.63, 3.8) is 0 Å². The van der Waals surface area contributed by atoms with Crippen molar-refractivity contribution < 1.29 is 25.9 Å². The summed E-state index contributed by atoms with van der Waals surface area (Å²) in [6.45, 7) is 10.6. The van der Waals surface area contributed by atoms with Crippen molar-refractivity contribution in [2.75, 3.05) is 22.9 Å². The van der Waals surface area contributed by atoms with Crippen molar-refractivity contribution in [1.82, 2.24) is 0 Å². The molecular weight excluding hydrogens is 692 g/mol. The fraction of sp³-hybridized carbons (Fsp3) is 0.231. The van der Waals surface area contributed by atoms with Crippen molar-refractivity contribution in [2.45, 2.75) is 56.5 Å². The molecule has 5 rings (SSSR count). The third-order valence-electron chi connectivity index (χ3n) is 8.97. The van der Waals surface area contributed by atoms with Crippen molar-refractivity contribution in [3.8, 4) is 0 Å². The van der Waals surface area contributed by atoms with Crippen molar-refractivity contribution in [2.24, 2.45) is 0 Å². The Bertz CT molecular complexity index is 2070. The highest BCUT2D eigenvalue weighted by Gasteiger charge is 2.23. The van der Waals surface area contributed by atoms with Gasteiger partial charge in [0.1, 0.15) is 0 Å². The van der Waals surface area contributed by atoms with Gasteiger partial charge in [-0.3, -0.25) is 9.11 Å². The van der Waals surface area contributed by atoms with E-state index in [1.807, 2.05) is 38.1 Å². The fourth-order valence-corrected chi connectivity index (χ4v) is 7.59. The van der Waals surface area contributed by atoms with Crippen LogP contribution in [0, 0.1) is 13.8 Å². The van der Waals surface area contributed by atoms with Gasteiger partial charge in [0, 0.05) is 48.5 Å². The fourth-order valence-electron chi connectivity index (χ4n) is 6.36. The molecule has 0 aliphatic heterocycles. The van der Waals surface area contributed by atoms with E-state index in [0.29, 0.717) is 31.2 Å². The maximum absolute atomic E-state index is 11.7. The lowest BCUT2D eigenvalue weighted by molar-refractivity contribution is 0.481. The minimum Gasteiger partial charge on any atom is -0.367 e. The van der Waals surface area contributed by atoms with Gasteiger partial charge < -0.3 is 9.80 Å². The smallest absolute Gasteiger partial charge is 0.294 e. The Hall–Kier alpha value is -4.19. The molecule has 5 aromatic rings. The van der Waals surface area contributed by atoms with Crippen LogP contribution >= 0.6 is 11.6 Å². The summed E-state index contributed by atoms with van der Waals surface area (Å²) in [6, 6.07) is 33.4. The monoisotopic (exact) mass is 732 g/mol. The molecule has 0 aromatic heterocycles. The third kappa shape index (κ3) is 8.75. The van der Waals surface area contributed by atoms with Crippen molar-refractivity contribution in [3.05, 3.63) is 153 Å². The topological polar surface area (TPSA) is 115 Å². The first-order chi connectivity index (χ1) is 23.7. The molecule has 11 heteroatoms. The summed E-state index contributed by atoms with van der Waals surface area (Å²) < 4.78 is 66.0. The number of anilines is 2. The first kappa shape index (κ1) is 37.1. The van der Waals surface area contributed by atoms with E-state index in [9.17, 15) is 25.9 Å². The first-order valence-corrected chi connectivity index (χ1v) is 19.5. The van der Waals surface area contributed by atoms with Gasteiger partial charge in [0.05, 0.1) is 9.79 Å². The van der Waals surface area contributed by atoms with Crippen molar-refractivity contribution >= 4 is 43.2 Å². The number of rotatable bonds is 13. The first-order valence-electron chi connectivity index (χ1n) is 16.3. The van der Waals surface area contributed by atoms with Gasteiger partial charge in [-0.15, -0.1) is 0 Å². The molecule has 0 spiro atoms. The van der Waals surface area contributed by atoms with E-state index >= 15 is 0 Å². The summed E-state index contributed by atoms with van der Waals surface area (Å²) in [4.78, 5) is 4.06. The van der Waals surface area contributed by atoms with Gasteiger partial charge in [-0.2, -0.15) is 16.8 Å². The van der Waals surface area contributed by atoms with E-state index < -0.39 is 20.2 Å². The van der Waals surface area contributed by atoms with Crippen LogP contribution in [0.4, 0.5) is 11.4 Å². The Morgan fingerprint density at radius 1 is 0.600 bits per heavy atom. The molecule has 0 radical (unpaired) electrons. The number of hydrogen-bond acceptors (Lipinski definition) is 6. The summed E-state index contributed by atoms with van der Waals surface area (Å²) >= 11 is 6.31.